The Morgan fingerprint density at radius 2 is 1.76 bits per heavy atom. The molecule has 4 fully saturated rings. The number of esters is 1. The average Bonchev–Trinajstić information content (AvgIpc) is 2.90. The molecule has 2 bridgehead atoms. The number of fused-ring (bicyclic) bond motifs is 3. The minimum Gasteiger partial charge on any atom is -0.454 e. The SMILES string of the molecule is C[C@@](C(=O)O[C@H]1C[N+]2(CCCc3ccncc3)CCC1CC2)(c1ccccc1)N1CCCCC1. The van der Waals surface area contributed by atoms with Crippen molar-refractivity contribution in [2.24, 2.45) is 5.92 Å². The summed E-state index contributed by atoms with van der Waals surface area (Å²) in [5, 5.41) is 0. The third kappa shape index (κ3) is 4.78. The lowest BCUT2D eigenvalue weighted by atomic mass is 9.82. The van der Waals surface area contributed by atoms with Crippen LogP contribution in [0.15, 0.2) is 54.9 Å². The molecule has 2 atom stereocenters. The van der Waals surface area contributed by atoms with Crippen LogP contribution in [0.5, 0.6) is 0 Å². The van der Waals surface area contributed by atoms with Gasteiger partial charge >= 0.3 is 5.97 Å². The molecule has 34 heavy (non-hydrogen) atoms. The van der Waals surface area contributed by atoms with Gasteiger partial charge in [-0.1, -0.05) is 36.8 Å². The lowest BCUT2D eigenvalue weighted by Crippen LogP contribution is -2.65. The summed E-state index contributed by atoms with van der Waals surface area (Å²) in [4.78, 5) is 20.4. The summed E-state index contributed by atoms with van der Waals surface area (Å²) >= 11 is 0. The van der Waals surface area contributed by atoms with Crippen LogP contribution in [0.2, 0.25) is 0 Å². The molecule has 0 spiro atoms. The van der Waals surface area contributed by atoms with Crippen molar-refractivity contribution in [3.05, 3.63) is 66.0 Å². The smallest absolute Gasteiger partial charge is 0.331 e. The largest absolute Gasteiger partial charge is 0.454 e. The Bertz CT molecular complexity index is 936. The number of hydrogen-bond acceptors (Lipinski definition) is 4. The number of piperidine rings is 4. The summed E-state index contributed by atoms with van der Waals surface area (Å²) in [6.45, 7) is 8.64. The summed E-state index contributed by atoms with van der Waals surface area (Å²) in [6, 6.07) is 14.6. The van der Waals surface area contributed by atoms with Crippen LogP contribution in [0.4, 0.5) is 0 Å². The predicted molar refractivity (Wildman–Crippen MR) is 134 cm³/mol. The Hall–Kier alpha value is -2.24. The lowest BCUT2D eigenvalue weighted by Gasteiger charge is -2.53. The maximum atomic E-state index is 13.9. The number of carbonyl (C=O) groups excluding carboxylic acids is 1. The first-order valence-corrected chi connectivity index (χ1v) is 13.3. The van der Waals surface area contributed by atoms with Crippen molar-refractivity contribution in [3.8, 4) is 0 Å². The van der Waals surface area contributed by atoms with Gasteiger partial charge in [0, 0.05) is 37.6 Å². The van der Waals surface area contributed by atoms with Gasteiger partial charge in [-0.2, -0.15) is 0 Å². The van der Waals surface area contributed by atoms with Crippen LogP contribution >= 0.6 is 0 Å². The third-order valence-corrected chi connectivity index (χ3v) is 8.87. The van der Waals surface area contributed by atoms with Gasteiger partial charge in [0.1, 0.15) is 12.1 Å². The summed E-state index contributed by atoms with van der Waals surface area (Å²) in [5.74, 6) is 0.472. The molecule has 0 N–H and O–H groups in total. The van der Waals surface area contributed by atoms with Crippen molar-refractivity contribution in [3.63, 3.8) is 0 Å². The Morgan fingerprint density at radius 3 is 2.47 bits per heavy atom. The second kappa shape index (κ2) is 10.2. The average molecular weight is 463 g/mol. The van der Waals surface area contributed by atoms with E-state index in [0.717, 1.165) is 48.9 Å². The number of rotatable bonds is 8. The van der Waals surface area contributed by atoms with Crippen molar-refractivity contribution < 1.29 is 14.0 Å². The van der Waals surface area contributed by atoms with Crippen molar-refractivity contribution in [2.45, 2.75) is 63.5 Å². The molecular formula is C29H40N3O2+. The van der Waals surface area contributed by atoms with E-state index in [4.69, 9.17) is 4.74 Å². The number of quaternary nitrogens is 1. The molecule has 0 aliphatic carbocycles. The molecule has 5 nitrogen and oxygen atoms in total. The highest BCUT2D eigenvalue weighted by Crippen LogP contribution is 2.39. The number of pyridine rings is 1. The fourth-order valence-electron chi connectivity index (χ4n) is 6.62. The first-order chi connectivity index (χ1) is 16.6. The van der Waals surface area contributed by atoms with Gasteiger partial charge in [0.15, 0.2) is 6.10 Å². The Kier molecular flexibility index (Phi) is 7.03. The standard InChI is InChI=1S/C29H40N3O2/c1-29(26-10-4-2-5-11-26,31-18-6-3-7-19-31)28(33)34-27-23-32(21-14-25(27)15-22-32)20-8-9-24-12-16-30-17-13-24/h2,4-5,10-13,16-17,25,27H,3,6-9,14-15,18-23H2,1H3/q+1/t25?,27-,29-,32?/m0/s1. The van der Waals surface area contributed by atoms with Gasteiger partial charge in [0.2, 0.25) is 0 Å². The minimum atomic E-state index is -0.708. The highest BCUT2D eigenvalue weighted by molar-refractivity contribution is 5.82. The van der Waals surface area contributed by atoms with E-state index in [9.17, 15) is 4.79 Å². The number of benzene rings is 1. The molecule has 1 aromatic carbocycles. The van der Waals surface area contributed by atoms with E-state index in [1.807, 2.05) is 30.6 Å². The van der Waals surface area contributed by atoms with Crippen LogP contribution in [0.1, 0.15) is 56.6 Å². The van der Waals surface area contributed by atoms with Crippen molar-refractivity contribution in [2.75, 3.05) is 39.3 Å². The van der Waals surface area contributed by atoms with E-state index in [-0.39, 0.29) is 12.1 Å². The van der Waals surface area contributed by atoms with Crippen LogP contribution in [-0.2, 0) is 21.5 Å². The van der Waals surface area contributed by atoms with Crippen LogP contribution in [0.3, 0.4) is 0 Å². The van der Waals surface area contributed by atoms with Gasteiger partial charge in [-0.05, 0) is 62.5 Å². The van der Waals surface area contributed by atoms with Gasteiger partial charge in [0.05, 0.1) is 19.6 Å². The zero-order chi connectivity index (χ0) is 23.4. The minimum absolute atomic E-state index is 0.0451. The molecule has 0 unspecified atom stereocenters. The molecule has 4 saturated heterocycles. The molecule has 4 aliphatic heterocycles. The zero-order valence-corrected chi connectivity index (χ0v) is 20.7. The number of aromatic nitrogens is 1. The molecular weight excluding hydrogens is 422 g/mol. The van der Waals surface area contributed by atoms with Crippen LogP contribution in [0, 0.1) is 5.92 Å². The summed E-state index contributed by atoms with van der Waals surface area (Å²) in [7, 11) is 0. The molecule has 5 heterocycles. The second-order valence-electron chi connectivity index (χ2n) is 10.9. The number of likely N-dealkylation sites (tertiary alicyclic amines) is 1. The first-order valence-electron chi connectivity index (χ1n) is 13.3. The molecule has 0 radical (unpaired) electrons. The van der Waals surface area contributed by atoms with Gasteiger partial charge in [-0.3, -0.25) is 9.88 Å². The predicted octanol–water partition coefficient (Wildman–Crippen LogP) is 4.57. The number of hydrogen-bond donors (Lipinski definition) is 0. The zero-order valence-electron chi connectivity index (χ0n) is 20.7. The van der Waals surface area contributed by atoms with Crippen LogP contribution < -0.4 is 0 Å². The van der Waals surface area contributed by atoms with Crippen LogP contribution in [0.25, 0.3) is 0 Å². The molecule has 0 saturated carbocycles. The maximum Gasteiger partial charge on any atom is 0.331 e. The van der Waals surface area contributed by atoms with Gasteiger partial charge in [-0.15, -0.1) is 0 Å². The van der Waals surface area contributed by atoms with Gasteiger partial charge in [0.25, 0.3) is 0 Å². The summed E-state index contributed by atoms with van der Waals surface area (Å²) in [5.41, 5.74) is 1.72. The van der Waals surface area contributed by atoms with Gasteiger partial charge < -0.3 is 9.22 Å². The summed E-state index contributed by atoms with van der Waals surface area (Å²) in [6.07, 6.45) is 12.0. The van der Waals surface area contributed by atoms with Crippen molar-refractivity contribution in [1.29, 1.82) is 0 Å². The molecule has 0 amide bonds. The Labute approximate surface area is 204 Å². The van der Waals surface area contributed by atoms with Gasteiger partial charge in [-0.25, -0.2) is 4.79 Å². The maximum absolute atomic E-state index is 13.9. The van der Waals surface area contributed by atoms with E-state index in [1.54, 1.807) is 0 Å². The molecule has 6 rings (SSSR count). The fraction of sp³-hybridized carbons (Fsp3) is 0.586. The molecule has 2 aromatic rings. The second-order valence-corrected chi connectivity index (χ2v) is 10.9. The van der Waals surface area contributed by atoms with Crippen molar-refractivity contribution in [1.82, 2.24) is 9.88 Å². The monoisotopic (exact) mass is 462 g/mol. The Morgan fingerprint density at radius 1 is 1.06 bits per heavy atom. The van der Waals surface area contributed by atoms with Crippen molar-refractivity contribution >= 4 is 5.97 Å². The summed E-state index contributed by atoms with van der Waals surface area (Å²) < 4.78 is 7.60. The normalized spacial score (nSPS) is 28.9. The topological polar surface area (TPSA) is 42.4 Å². The molecule has 5 heteroatoms. The molecule has 4 aliphatic rings. The highest BCUT2D eigenvalue weighted by Gasteiger charge is 2.50. The third-order valence-electron chi connectivity index (χ3n) is 8.87. The first kappa shape index (κ1) is 23.5. The van der Waals surface area contributed by atoms with E-state index in [1.165, 1.54) is 50.9 Å². The number of nitrogens with zero attached hydrogens (tertiary/aromatic N) is 3. The number of aryl methyl sites for hydroxylation is 1. The lowest BCUT2D eigenvalue weighted by molar-refractivity contribution is -0.946. The fourth-order valence-corrected chi connectivity index (χ4v) is 6.62. The Balaban J connectivity index is 1.28. The quantitative estimate of drug-likeness (QED) is 0.426. The highest BCUT2D eigenvalue weighted by atomic mass is 16.5. The molecule has 1 aromatic heterocycles. The van der Waals surface area contributed by atoms with E-state index in [2.05, 4.69) is 41.1 Å². The number of carbonyl (C=O) groups is 1. The van der Waals surface area contributed by atoms with E-state index < -0.39 is 5.54 Å². The molecule has 182 valence electrons. The van der Waals surface area contributed by atoms with E-state index >= 15 is 0 Å². The number of ether oxygens (including phenoxy) is 1. The van der Waals surface area contributed by atoms with E-state index in [0.29, 0.717) is 5.92 Å². The van der Waals surface area contributed by atoms with Crippen LogP contribution in [-0.4, -0.2) is 65.7 Å².